The van der Waals surface area contributed by atoms with Gasteiger partial charge in [0.15, 0.2) is 5.92 Å². The first-order valence-electron chi connectivity index (χ1n) is 5.44. The summed E-state index contributed by atoms with van der Waals surface area (Å²) in [5.74, 6) is -2.55. The fourth-order valence-corrected chi connectivity index (χ4v) is 1.23. The van der Waals surface area contributed by atoms with E-state index in [1.807, 2.05) is 0 Å². The van der Waals surface area contributed by atoms with Gasteiger partial charge in [0.25, 0.3) is 0 Å². The van der Waals surface area contributed by atoms with Crippen molar-refractivity contribution < 1.29 is 28.6 Å². The third-order valence-electron chi connectivity index (χ3n) is 2.25. The molecule has 0 heterocycles. The van der Waals surface area contributed by atoms with Crippen molar-refractivity contribution in [2.45, 2.75) is 19.3 Å². The van der Waals surface area contributed by atoms with Gasteiger partial charge in [-0.2, -0.15) is 0 Å². The zero-order chi connectivity index (χ0) is 14.0. The maximum Gasteiger partial charge on any atom is 0.320 e. The Bertz CT molecular complexity index is 305. The first kappa shape index (κ1) is 16.1. The molecule has 0 N–H and O–H groups in total. The zero-order valence-corrected chi connectivity index (χ0v) is 10.8. The Kier molecular flexibility index (Phi) is 8.26. The molecular weight excluding hydrogens is 240 g/mol. The number of carbonyl (C=O) groups excluding carboxylic acids is 3. The third-order valence-corrected chi connectivity index (χ3v) is 2.25. The van der Waals surface area contributed by atoms with Crippen LogP contribution in [-0.2, 0) is 28.6 Å². The fourth-order valence-electron chi connectivity index (χ4n) is 1.23. The molecule has 0 aliphatic carbocycles. The smallest absolute Gasteiger partial charge is 0.320 e. The van der Waals surface area contributed by atoms with E-state index in [9.17, 15) is 14.4 Å². The molecule has 0 saturated heterocycles. The summed E-state index contributed by atoms with van der Waals surface area (Å²) in [4.78, 5) is 33.4. The monoisotopic (exact) mass is 258 g/mol. The Hall–Kier alpha value is -1.85. The highest BCUT2D eigenvalue weighted by Crippen LogP contribution is 2.09. The second-order valence-electron chi connectivity index (χ2n) is 3.42. The van der Waals surface area contributed by atoms with Crippen molar-refractivity contribution in [3.63, 3.8) is 0 Å². The quantitative estimate of drug-likeness (QED) is 0.291. The van der Waals surface area contributed by atoms with Gasteiger partial charge in [0.2, 0.25) is 0 Å². The Labute approximate surface area is 106 Å². The number of hydrogen-bond donors (Lipinski definition) is 0. The summed E-state index contributed by atoms with van der Waals surface area (Å²) < 4.78 is 13.5. The standard InChI is InChI=1S/C12H18O6/c1-16-10(13)8-6-4-5-7-9(11(14)17-2)12(15)18-3/h4-5,9H,6-8H2,1-3H3. The topological polar surface area (TPSA) is 78.9 Å². The van der Waals surface area contributed by atoms with Crippen molar-refractivity contribution in [1.82, 2.24) is 0 Å². The minimum absolute atomic E-state index is 0.181. The van der Waals surface area contributed by atoms with Crippen LogP contribution in [0.25, 0.3) is 0 Å². The zero-order valence-electron chi connectivity index (χ0n) is 10.8. The summed E-state index contributed by atoms with van der Waals surface area (Å²) in [7, 11) is 3.73. The lowest BCUT2D eigenvalue weighted by molar-refractivity contribution is -0.158. The molecule has 102 valence electrons. The van der Waals surface area contributed by atoms with E-state index in [4.69, 9.17) is 0 Å². The van der Waals surface area contributed by atoms with E-state index < -0.39 is 17.9 Å². The van der Waals surface area contributed by atoms with Crippen molar-refractivity contribution in [2.24, 2.45) is 5.92 Å². The van der Waals surface area contributed by atoms with Gasteiger partial charge < -0.3 is 14.2 Å². The van der Waals surface area contributed by atoms with Gasteiger partial charge >= 0.3 is 17.9 Å². The summed E-state index contributed by atoms with van der Waals surface area (Å²) in [6.45, 7) is 0. The summed E-state index contributed by atoms with van der Waals surface area (Å²) in [5, 5.41) is 0. The molecule has 0 amide bonds. The minimum atomic E-state index is -0.964. The van der Waals surface area contributed by atoms with Crippen molar-refractivity contribution in [3.05, 3.63) is 12.2 Å². The normalized spacial score (nSPS) is 10.4. The summed E-state index contributed by atoms with van der Waals surface area (Å²) in [6.07, 6.45) is 4.27. The van der Waals surface area contributed by atoms with Crippen LogP contribution in [0.4, 0.5) is 0 Å². The molecule has 0 spiro atoms. The summed E-state index contributed by atoms with van der Waals surface area (Å²) in [5.41, 5.74) is 0. The van der Waals surface area contributed by atoms with Crippen molar-refractivity contribution in [2.75, 3.05) is 21.3 Å². The van der Waals surface area contributed by atoms with Gasteiger partial charge in [-0.1, -0.05) is 12.2 Å². The number of esters is 3. The highest BCUT2D eigenvalue weighted by atomic mass is 16.5. The average molecular weight is 258 g/mol. The average Bonchev–Trinajstić information content (AvgIpc) is 2.40. The fraction of sp³-hybridized carbons (Fsp3) is 0.583. The molecule has 0 radical (unpaired) electrons. The molecule has 0 atom stereocenters. The lowest BCUT2D eigenvalue weighted by Crippen LogP contribution is -2.25. The molecular formula is C12H18O6. The minimum Gasteiger partial charge on any atom is -0.469 e. The van der Waals surface area contributed by atoms with E-state index >= 15 is 0 Å². The van der Waals surface area contributed by atoms with Crippen LogP contribution in [0.2, 0.25) is 0 Å². The molecule has 6 heteroatoms. The molecule has 0 aliphatic rings. The number of hydrogen-bond acceptors (Lipinski definition) is 6. The maximum absolute atomic E-state index is 11.3. The Morgan fingerprint density at radius 1 is 0.944 bits per heavy atom. The van der Waals surface area contributed by atoms with Gasteiger partial charge in [-0.25, -0.2) is 0 Å². The first-order valence-corrected chi connectivity index (χ1v) is 5.44. The van der Waals surface area contributed by atoms with Crippen LogP contribution >= 0.6 is 0 Å². The Morgan fingerprint density at radius 3 is 1.94 bits per heavy atom. The predicted octanol–water partition coefficient (Wildman–Crippen LogP) is 0.848. The molecule has 18 heavy (non-hydrogen) atoms. The molecule has 0 unspecified atom stereocenters. The molecule has 0 aromatic rings. The van der Waals surface area contributed by atoms with Crippen LogP contribution < -0.4 is 0 Å². The van der Waals surface area contributed by atoms with Crippen LogP contribution in [0.5, 0.6) is 0 Å². The molecule has 0 aromatic heterocycles. The third kappa shape index (κ3) is 6.03. The van der Waals surface area contributed by atoms with Crippen LogP contribution in [-0.4, -0.2) is 39.2 Å². The molecule has 0 aliphatic heterocycles. The van der Waals surface area contributed by atoms with E-state index in [0.717, 1.165) is 0 Å². The lowest BCUT2D eigenvalue weighted by atomic mass is 10.1. The van der Waals surface area contributed by atoms with Crippen molar-refractivity contribution in [1.29, 1.82) is 0 Å². The van der Waals surface area contributed by atoms with E-state index in [2.05, 4.69) is 14.2 Å². The van der Waals surface area contributed by atoms with Crippen molar-refractivity contribution in [3.8, 4) is 0 Å². The lowest BCUT2D eigenvalue weighted by Gasteiger charge is -2.09. The molecule has 0 saturated carbocycles. The van der Waals surface area contributed by atoms with Crippen LogP contribution in [0.1, 0.15) is 19.3 Å². The van der Waals surface area contributed by atoms with Gasteiger partial charge in [-0.3, -0.25) is 14.4 Å². The van der Waals surface area contributed by atoms with E-state index in [1.54, 1.807) is 12.2 Å². The molecule has 0 rings (SSSR count). The molecule has 0 aromatic carbocycles. The Morgan fingerprint density at radius 2 is 1.50 bits per heavy atom. The van der Waals surface area contributed by atoms with Gasteiger partial charge in [0.05, 0.1) is 21.3 Å². The highest BCUT2D eigenvalue weighted by molar-refractivity contribution is 5.94. The van der Waals surface area contributed by atoms with Crippen LogP contribution in [0.15, 0.2) is 12.2 Å². The van der Waals surface area contributed by atoms with E-state index in [0.29, 0.717) is 6.42 Å². The maximum atomic E-state index is 11.3. The molecule has 0 fully saturated rings. The number of ether oxygens (including phenoxy) is 3. The van der Waals surface area contributed by atoms with Crippen LogP contribution in [0.3, 0.4) is 0 Å². The molecule has 0 bridgehead atoms. The van der Waals surface area contributed by atoms with Gasteiger partial charge in [0.1, 0.15) is 0 Å². The van der Waals surface area contributed by atoms with Gasteiger partial charge in [-0.15, -0.1) is 0 Å². The number of rotatable bonds is 7. The van der Waals surface area contributed by atoms with Gasteiger partial charge in [-0.05, 0) is 12.8 Å². The van der Waals surface area contributed by atoms with Crippen LogP contribution in [0, 0.1) is 5.92 Å². The van der Waals surface area contributed by atoms with Crippen molar-refractivity contribution >= 4 is 17.9 Å². The summed E-state index contributed by atoms with van der Waals surface area (Å²) in [6, 6.07) is 0. The highest BCUT2D eigenvalue weighted by Gasteiger charge is 2.26. The molecule has 6 nitrogen and oxygen atoms in total. The second-order valence-corrected chi connectivity index (χ2v) is 3.42. The number of allylic oxidation sites excluding steroid dienone is 2. The first-order chi connectivity index (χ1) is 8.56. The predicted molar refractivity (Wildman–Crippen MR) is 62.5 cm³/mol. The number of methoxy groups -OCH3 is 3. The summed E-state index contributed by atoms with van der Waals surface area (Å²) >= 11 is 0. The Balaban J connectivity index is 4.18. The SMILES string of the molecule is COC(=O)CCC=CCC(C(=O)OC)C(=O)OC. The van der Waals surface area contributed by atoms with E-state index in [1.165, 1.54) is 21.3 Å². The second kappa shape index (κ2) is 9.21. The number of carbonyl (C=O) groups is 3. The largest absolute Gasteiger partial charge is 0.469 e. The van der Waals surface area contributed by atoms with Gasteiger partial charge in [0, 0.05) is 6.42 Å². The van der Waals surface area contributed by atoms with E-state index in [-0.39, 0.29) is 18.8 Å².